The summed E-state index contributed by atoms with van der Waals surface area (Å²) in [6.45, 7) is 3.95. The minimum Gasteiger partial charge on any atom is -0.339 e. The molecule has 0 amide bonds. The molecule has 0 saturated carbocycles. The molecule has 0 fully saturated rings. The number of nitrogens with zero attached hydrogens (tertiary/aromatic N) is 1. The van der Waals surface area contributed by atoms with Crippen LogP contribution in [-0.2, 0) is 0 Å². The highest BCUT2D eigenvalue weighted by molar-refractivity contribution is 5.73. The van der Waals surface area contributed by atoms with Gasteiger partial charge in [0.1, 0.15) is 0 Å². The Morgan fingerprint density at radius 1 is 1.20 bits per heavy atom. The van der Waals surface area contributed by atoms with E-state index in [0.717, 1.165) is 23.2 Å². The molecule has 76 valence electrons. The van der Waals surface area contributed by atoms with Crippen molar-refractivity contribution >= 4 is 6.29 Å². The highest BCUT2D eigenvalue weighted by Gasteiger charge is 2.07. The van der Waals surface area contributed by atoms with Crippen molar-refractivity contribution in [2.75, 3.05) is 0 Å². The molecule has 0 radical (unpaired) electrons. The zero-order valence-corrected chi connectivity index (χ0v) is 8.74. The topological polar surface area (TPSA) is 45.8 Å². The van der Waals surface area contributed by atoms with Gasteiger partial charge < -0.3 is 4.98 Å². The van der Waals surface area contributed by atoms with Crippen LogP contribution in [0.2, 0.25) is 0 Å². The van der Waals surface area contributed by atoms with Gasteiger partial charge in [-0.1, -0.05) is 29.8 Å². The van der Waals surface area contributed by atoms with Crippen molar-refractivity contribution in [1.82, 2.24) is 9.97 Å². The summed E-state index contributed by atoms with van der Waals surface area (Å²) in [5.41, 5.74) is 4.00. The summed E-state index contributed by atoms with van der Waals surface area (Å²) in [5, 5.41) is 0. The van der Waals surface area contributed by atoms with Crippen LogP contribution >= 0.6 is 0 Å². The summed E-state index contributed by atoms with van der Waals surface area (Å²) in [5.74, 6) is 0.378. The van der Waals surface area contributed by atoms with E-state index in [9.17, 15) is 4.79 Å². The SMILES string of the molecule is Cc1ccc(-c2nc(C=O)[nH]c2C)cc1. The van der Waals surface area contributed by atoms with Crippen molar-refractivity contribution in [3.8, 4) is 11.3 Å². The Balaban J connectivity index is 2.48. The third-order valence-corrected chi connectivity index (χ3v) is 2.34. The molecule has 15 heavy (non-hydrogen) atoms. The van der Waals surface area contributed by atoms with Gasteiger partial charge in [0, 0.05) is 11.3 Å². The van der Waals surface area contributed by atoms with Crippen LogP contribution in [0.4, 0.5) is 0 Å². The summed E-state index contributed by atoms with van der Waals surface area (Å²) in [6.07, 6.45) is 0.727. The van der Waals surface area contributed by atoms with Crippen molar-refractivity contribution in [2.24, 2.45) is 0 Å². The number of hydrogen-bond acceptors (Lipinski definition) is 2. The smallest absolute Gasteiger partial charge is 0.185 e. The van der Waals surface area contributed by atoms with E-state index in [1.165, 1.54) is 5.56 Å². The van der Waals surface area contributed by atoms with E-state index in [2.05, 4.69) is 9.97 Å². The van der Waals surface area contributed by atoms with E-state index in [1.807, 2.05) is 38.1 Å². The number of H-pyrrole nitrogens is 1. The van der Waals surface area contributed by atoms with Crippen LogP contribution in [0.15, 0.2) is 24.3 Å². The predicted molar refractivity (Wildman–Crippen MR) is 58.9 cm³/mol. The Kier molecular flexibility index (Phi) is 2.37. The molecule has 1 N–H and O–H groups in total. The molecule has 1 heterocycles. The van der Waals surface area contributed by atoms with E-state index in [0.29, 0.717) is 5.82 Å². The van der Waals surface area contributed by atoms with Crippen molar-refractivity contribution < 1.29 is 4.79 Å². The molecule has 1 aromatic heterocycles. The lowest BCUT2D eigenvalue weighted by Gasteiger charge is -1.98. The number of aromatic nitrogens is 2. The number of benzene rings is 1. The summed E-state index contributed by atoms with van der Waals surface area (Å²) >= 11 is 0. The van der Waals surface area contributed by atoms with Gasteiger partial charge in [-0.25, -0.2) is 4.98 Å². The number of imidazole rings is 1. The fraction of sp³-hybridized carbons (Fsp3) is 0.167. The standard InChI is InChI=1S/C12H12N2O/c1-8-3-5-10(6-4-8)12-9(2)13-11(7-15)14-12/h3-7H,1-2H3,(H,13,14). The van der Waals surface area contributed by atoms with Gasteiger partial charge in [0.05, 0.1) is 5.69 Å². The van der Waals surface area contributed by atoms with Gasteiger partial charge in [0.2, 0.25) is 0 Å². The number of carbonyl (C=O) groups is 1. The number of nitrogens with one attached hydrogen (secondary N) is 1. The third-order valence-electron chi connectivity index (χ3n) is 2.34. The number of aryl methyl sites for hydroxylation is 2. The van der Waals surface area contributed by atoms with Crippen LogP contribution in [0.3, 0.4) is 0 Å². The van der Waals surface area contributed by atoms with Gasteiger partial charge >= 0.3 is 0 Å². The number of hydrogen-bond donors (Lipinski definition) is 1. The molecule has 1 aromatic carbocycles. The zero-order chi connectivity index (χ0) is 10.8. The molecule has 3 nitrogen and oxygen atoms in total. The lowest BCUT2D eigenvalue weighted by Crippen LogP contribution is -1.82. The van der Waals surface area contributed by atoms with E-state index in [-0.39, 0.29) is 0 Å². The molecule has 2 aromatic rings. The van der Waals surface area contributed by atoms with Gasteiger partial charge in [0.15, 0.2) is 12.1 Å². The van der Waals surface area contributed by atoms with Gasteiger partial charge in [-0.3, -0.25) is 4.79 Å². The first-order chi connectivity index (χ1) is 7.20. The maximum absolute atomic E-state index is 10.6. The Morgan fingerprint density at radius 3 is 2.40 bits per heavy atom. The molecule has 0 saturated heterocycles. The van der Waals surface area contributed by atoms with Crippen LogP contribution in [0.5, 0.6) is 0 Å². The quantitative estimate of drug-likeness (QED) is 0.757. The number of rotatable bonds is 2. The molecule has 0 aliphatic heterocycles. The second-order valence-corrected chi connectivity index (χ2v) is 3.58. The van der Waals surface area contributed by atoms with Crippen molar-refractivity contribution in [2.45, 2.75) is 13.8 Å². The largest absolute Gasteiger partial charge is 0.339 e. The third kappa shape index (κ3) is 1.81. The monoisotopic (exact) mass is 200 g/mol. The van der Waals surface area contributed by atoms with Crippen molar-refractivity contribution in [3.63, 3.8) is 0 Å². The van der Waals surface area contributed by atoms with E-state index in [1.54, 1.807) is 0 Å². The molecule has 2 rings (SSSR count). The Hall–Kier alpha value is -1.90. The van der Waals surface area contributed by atoms with E-state index >= 15 is 0 Å². The normalized spacial score (nSPS) is 10.3. The molecular weight excluding hydrogens is 188 g/mol. The molecule has 0 unspecified atom stereocenters. The minimum atomic E-state index is 0.378. The van der Waals surface area contributed by atoms with Crippen LogP contribution in [0.1, 0.15) is 21.9 Å². The average Bonchev–Trinajstić information content (AvgIpc) is 2.61. The van der Waals surface area contributed by atoms with Crippen molar-refractivity contribution in [3.05, 3.63) is 41.3 Å². The Bertz CT molecular complexity index is 483. The number of carbonyl (C=O) groups excluding carboxylic acids is 1. The maximum Gasteiger partial charge on any atom is 0.185 e. The first kappa shape index (κ1) is 9.65. The number of aromatic amines is 1. The van der Waals surface area contributed by atoms with Crippen LogP contribution in [0, 0.1) is 13.8 Å². The average molecular weight is 200 g/mol. The van der Waals surface area contributed by atoms with Gasteiger partial charge in [-0.05, 0) is 13.8 Å². The van der Waals surface area contributed by atoms with Gasteiger partial charge in [-0.15, -0.1) is 0 Å². The minimum absolute atomic E-state index is 0.378. The predicted octanol–water partition coefficient (Wildman–Crippen LogP) is 2.51. The van der Waals surface area contributed by atoms with E-state index in [4.69, 9.17) is 0 Å². The van der Waals surface area contributed by atoms with Crippen LogP contribution in [-0.4, -0.2) is 16.3 Å². The highest BCUT2D eigenvalue weighted by Crippen LogP contribution is 2.20. The molecule has 0 atom stereocenters. The van der Waals surface area contributed by atoms with Gasteiger partial charge in [0.25, 0.3) is 0 Å². The first-order valence-corrected chi connectivity index (χ1v) is 4.79. The van der Waals surface area contributed by atoms with E-state index < -0.39 is 0 Å². The second kappa shape index (κ2) is 3.69. The fourth-order valence-corrected chi connectivity index (χ4v) is 1.53. The van der Waals surface area contributed by atoms with Crippen LogP contribution < -0.4 is 0 Å². The lowest BCUT2D eigenvalue weighted by molar-refractivity contribution is 0.111. The molecular formula is C12H12N2O. The van der Waals surface area contributed by atoms with Crippen molar-refractivity contribution in [1.29, 1.82) is 0 Å². The number of aldehydes is 1. The summed E-state index contributed by atoms with van der Waals surface area (Å²) in [6, 6.07) is 8.08. The molecule has 0 aliphatic carbocycles. The zero-order valence-electron chi connectivity index (χ0n) is 8.74. The lowest BCUT2D eigenvalue weighted by atomic mass is 10.1. The van der Waals surface area contributed by atoms with Crippen LogP contribution in [0.25, 0.3) is 11.3 Å². The molecule has 3 heteroatoms. The van der Waals surface area contributed by atoms with Gasteiger partial charge in [-0.2, -0.15) is 0 Å². The maximum atomic E-state index is 10.6. The fourth-order valence-electron chi connectivity index (χ4n) is 1.53. The Morgan fingerprint density at radius 2 is 1.87 bits per heavy atom. The highest BCUT2D eigenvalue weighted by atomic mass is 16.1. The Labute approximate surface area is 88.2 Å². The first-order valence-electron chi connectivity index (χ1n) is 4.79. The summed E-state index contributed by atoms with van der Waals surface area (Å²) in [7, 11) is 0. The molecule has 0 bridgehead atoms. The molecule has 0 aliphatic rings. The summed E-state index contributed by atoms with van der Waals surface area (Å²) in [4.78, 5) is 17.7. The molecule has 0 spiro atoms. The summed E-state index contributed by atoms with van der Waals surface area (Å²) < 4.78 is 0. The second-order valence-electron chi connectivity index (χ2n) is 3.58.